The lowest BCUT2D eigenvalue weighted by Crippen LogP contribution is -2.08. The fraction of sp³-hybridized carbons (Fsp3) is 0.133. The van der Waals surface area contributed by atoms with Crippen LogP contribution in [0.5, 0.6) is 11.5 Å². The third-order valence-electron chi connectivity index (χ3n) is 2.94. The Kier molecular flexibility index (Phi) is 4.15. The SMILES string of the molecule is COc1ccc(Cl)cc1C(=O)c1cccc(OC)c1N. The van der Waals surface area contributed by atoms with Gasteiger partial charge in [-0.1, -0.05) is 17.7 Å². The van der Waals surface area contributed by atoms with E-state index in [9.17, 15) is 4.79 Å². The summed E-state index contributed by atoms with van der Waals surface area (Å²) in [5.74, 6) is 0.638. The Morgan fingerprint density at radius 2 is 1.75 bits per heavy atom. The van der Waals surface area contributed by atoms with Crippen LogP contribution in [0.3, 0.4) is 0 Å². The molecule has 0 saturated carbocycles. The molecule has 0 aliphatic carbocycles. The molecule has 20 heavy (non-hydrogen) atoms. The number of halogens is 1. The molecule has 0 aromatic heterocycles. The van der Waals surface area contributed by atoms with Crippen LogP contribution < -0.4 is 15.2 Å². The van der Waals surface area contributed by atoms with Crippen molar-refractivity contribution >= 4 is 23.1 Å². The summed E-state index contributed by atoms with van der Waals surface area (Å²) in [7, 11) is 2.99. The standard InChI is InChI=1S/C15H14ClNO3/c1-19-12-7-6-9(16)8-11(12)15(18)10-4-3-5-13(20-2)14(10)17/h3-8H,17H2,1-2H3. The van der Waals surface area contributed by atoms with E-state index in [-0.39, 0.29) is 5.78 Å². The van der Waals surface area contributed by atoms with Crippen molar-refractivity contribution in [3.63, 3.8) is 0 Å². The van der Waals surface area contributed by atoms with Crippen molar-refractivity contribution in [3.8, 4) is 11.5 Å². The van der Waals surface area contributed by atoms with Gasteiger partial charge in [0.2, 0.25) is 0 Å². The third kappa shape index (κ3) is 2.56. The van der Waals surface area contributed by atoms with Gasteiger partial charge in [0, 0.05) is 10.6 Å². The van der Waals surface area contributed by atoms with Gasteiger partial charge in [-0.05, 0) is 30.3 Å². The zero-order valence-corrected chi connectivity index (χ0v) is 11.9. The second-order valence-electron chi connectivity index (χ2n) is 4.10. The molecule has 0 aliphatic rings. The fourth-order valence-electron chi connectivity index (χ4n) is 1.92. The second kappa shape index (κ2) is 5.84. The lowest BCUT2D eigenvalue weighted by Gasteiger charge is -2.11. The maximum atomic E-state index is 12.6. The summed E-state index contributed by atoms with van der Waals surface area (Å²) >= 11 is 5.94. The van der Waals surface area contributed by atoms with Gasteiger partial charge in [-0.2, -0.15) is 0 Å². The van der Waals surface area contributed by atoms with E-state index < -0.39 is 0 Å². The van der Waals surface area contributed by atoms with Crippen molar-refractivity contribution in [3.05, 3.63) is 52.5 Å². The Hall–Kier alpha value is -2.20. The van der Waals surface area contributed by atoms with Gasteiger partial charge in [-0.15, -0.1) is 0 Å². The van der Waals surface area contributed by atoms with E-state index in [1.807, 2.05) is 0 Å². The number of nitrogen functional groups attached to an aromatic ring is 1. The molecule has 104 valence electrons. The Labute approximate surface area is 122 Å². The van der Waals surface area contributed by atoms with Crippen LogP contribution in [-0.4, -0.2) is 20.0 Å². The summed E-state index contributed by atoms with van der Waals surface area (Å²) in [4.78, 5) is 12.6. The van der Waals surface area contributed by atoms with Crippen LogP contribution in [-0.2, 0) is 0 Å². The quantitative estimate of drug-likeness (QED) is 0.694. The summed E-state index contributed by atoms with van der Waals surface area (Å²) in [6, 6.07) is 9.90. The Morgan fingerprint density at radius 1 is 1.05 bits per heavy atom. The van der Waals surface area contributed by atoms with Gasteiger partial charge < -0.3 is 15.2 Å². The highest BCUT2D eigenvalue weighted by molar-refractivity contribution is 6.31. The topological polar surface area (TPSA) is 61.5 Å². The summed E-state index contributed by atoms with van der Waals surface area (Å²) < 4.78 is 10.3. The number of hydrogen-bond donors (Lipinski definition) is 1. The molecule has 0 fully saturated rings. The molecule has 2 N–H and O–H groups in total. The molecular formula is C15H14ClNO3. The Balaban J connectivity index is 2.54. The Morgan fingerprint density at radius 3 is 2.40 bits per heavy atom. The molecular weight excluding hydrogens is 278 g/mol. The molecule has 0 saturated heterocycles. The molecule has 0 heterocycles. The van der Waals surface area contributed by atoms with Crippen molar-refractivity contribution in [1.82, 2.24) is 0 Å². The van der Waals surface area contributed by atoms with Gasteiger partial charge in [0.1, 0.15) is 11.5 Å². The number of ketones is 1. The molecule has 4 nitrogen and oxygen atoms in total. The van der Waals surface area contributed by atoms with E-state index >= 15 is 0 Å². The molecule has 2 rings (SSSR count). The maximum absolute atomic E-state index is 12.6. The molecule has 0 radical (unpaired) electrons. The van der Waals surface area contributed by atoms with Gasteiger partial charge in [-0.25, -0.2) is 0 Å². The normalized spacial score (nSPS) is 10.2. The predicted octanol–water partition coefficient (Wildman–Crippen LogP) is 3.17. The largest absolute Gasteiger partial charge is 0.496 e. The average molecular weight is 292 g/mol. The molecule has 0 aliphatic heterocycles. The van der Waals surface area contributed by atoms with Crippen molar-refractivity contribution in [2.45, 2.75) is 0 Å². The maximum Gasteiger partial charge on any atom is 0.199 e. The molecule has 0 unspecified atom stereocenters. The number of methoxy groups -OCH3 is 2. The molecule has 0 atom stereocenters. The number of carbonyl (C=O) groups is 1. The smallest absolute Gasteiger partial charge is 0.199 e. The minimum atomic E-state index is -0.263. The highest BCUT2D eigenvalue weighted by Crippen LogP contribution is 2.30. The fourth-order valence-corrected chi connectivity index (χ4v) is 2.09. The highest BCUT2D eigenvalue weighted by atomic mass is 35.5. The van der Waals surface area contributed by atoms with Gasteiger partial charge in [-0.3, -0.25) is 4.79 Å². The molecule has 0 amide bonds. The molecule has 5 heteroatoms. The number of carbonyl (C=O) groups excluding carboxylic acids is 1. The van der Waals surface area contributed by atoms with Crippen LogP contribution in [0, 0.1) is 0 Å². The van der Waals surface area contributed by atoms with Gasteiger partial charge >= 0.3 is 0 Å². The number of anilines is 1. The Bertz CT molecular complexity index is 656. The molecule has 0 bridgehead atoms. The van der Waals surface area contributed by atoms with Crippen LogP contribution in [0.15, 0.2) is 36.4 Å². The van der Waals surface area contributed by atoms with E-state index in [2.05, 4.69) is 0 Å². The first kappa shape index (κ1) is 14.2. The van der Waals surface area contributed by atoms with Gasteiger partial charge in [0.25, 0.3) is 0 Å². The van der Waals surface area contributed by atoms with Crippen LogP contribution in [0.2, 0.25) is 5.02 Å². The molecule has 0 spiro atoms. The lowest BCUT2D eigenvalue weighted by atomic mass is 10.0. The molecule has 2 aromatic carbocycles. The van der Waals surface area contributed by atoms with Gasteiger partial charge in [0.15, 0.2) is 5.78 Å². The first-order valence-corrected chi connectivity index (χ1v) is 6.27. The highest BCUT2D eigenvalue weighted by Gasteiger charge is 2.19. The second-order valence-corrected chi connectivity index (χ2v) is 4.53. The van der Waals surface area contributed by atoms with Crippen molar-refractivity contribution in [1.29, 1.82) is 0 Å². The average Bonchev–Trinajstić information content (AvgIpc) is 2.46. The van der Waals surface area contributed by atoms with Crippen molar-refractivity contribution < 1.29 is 14.3 Å². The summed E-state index contributed by atoms with van der Waals surface area (Å²) in [5, 5.41) is 0.454. The number of para-hydroxylation sites is 1. The van der Waals surface area contributed by atoms with E-state index in [4.69, 9.17) is 26.8 Å². The van der Waals surface area contributed by atoms with E-state index in [0.717, 1.165) is 0 Å². The van der Waals surface area contributed by atoms with Crippen LogP contribution in [0.25, 0.3) is 0 Å². The minimum absolute atomic E-state index is 0.263. The predicted molar refractivity (Wildman–Crippen MR) is 78.8 cm³/mol. The van der Waals surface area contributed by atoms with Crippen LogP contribution >= 0.6 is 11.6 Å². The van der Waals surface area contributed by atoms with E-state index in [1.165, 1.54) is 14.2 Å². The number of nitrogens with two attached hydrogens (primary N) is 1. The number of ether oxygens (including phenoxy) is 2. The zero-order valence-electron chi connectivity index (χ0n) is 11.1. The van der Waals surface area contributed by atoms with Crippen molar-refractivity contribution in [2.75, 3.05) is 20.0 Å². The van der Waals surface area contributed by atoms with E-state index in [1.54, 1.807) is 36.4 Å². The van der Waals surface area contributed by atoms with Gasteiger partial charge in [0.05, 0.1) is 25.5 Å². The first-order chi connectivity index (χ1) is 9.58. The lowest BCUT2D eigenvalue weighted by molar-refractivity contribution is 0.103. The van der Waals surface area contributed by atoms with Crippen molar-refractivity contribution in [2.24, 2.45) is 0 Å². The molecule has 2 aromatic rings. The summed E-state index contributed by atoms with van der Waals surface area (Å²) in [6.07, 6.45) is 0. The third-order valence-corrected chi connectivity index (χ3v) is 3.17. The zero-order chi connectivity index (χ0) is 14.7. The summed E-state index contributed by atoms with van der Waals surface area (Å²) in [5.41, 5.74) is 6.95. The number of rotatable bonds is 4. The van der Waals surface area contributed by atoms with E-state index in [0.29, 0.717) is 33.3 Å². The van der Waals surface area contributed by atoms with Crippen LogP contribution in [0.4, 0.5) is 5.69 Å². The monoisotopic (exact) mass is 291 g/mol. The summed E-state index contributed by atoms with van der Waals surface area (Å²) in [6.45, 7) is 0. The number of benzene rings is 2. The minimum Gasteiger partial charge on any atom is -0.496 e. The first-order valence-electron chi connectivity index (χ1n) is 5.89. The number of hydrogen-bond acceptors (Lipinski definition) is 4. The van der Waals surface area contributed by atoms with Crippen LogP contribution in [0.1, 0.15) is 15.9 Å².